The standard InChI is InChI=1S/C30H37NO5/c1-16(2)20-15-30-13-10-21-28(3,11-5-12-29(21,4)27(35)36)22(30)14-19(20)23-24(30)26(34)31(25(23)33)17-6-8-18(32)9-7-17/h6-9,15-16,19,21-24,32H,5,10-14H2,1-4H3,(H,35,36)/t19-,21-,22-,23-,24+,28+,29-,30-/m0/s1. The van der Waals surface area contributed by atoms with E-state index in [0.29, 0.717) is 18.0 Å². The van der Waals surface area contributed by atoms with Gasteiger partial charge in [-0.25, -0.2) is 0 Å². The van der Waals surface area contributed by atoms with Gasteiger partial charge >= 0.3 is 5.97 Å². The minimum absolute atomic E-state index is 0.00836. The number of hydrogen-bond donors (Lipinski definition) is 2. The van der Waals surface area contributed by atoms with Gasteiger partial charge in [-0.05, 0) is 92.4 Å². The maximum atomic E-state index is 14.2. The second-order valence-electron chi connectivity index (χ2n) is 13.0. The van der Waals surface area contributed by atoms with Crippen LogP contribution in [0.4, 0.5) is 5.69 Å². The molecule has 4 fully saturated rings. The van der Waals surface area contributed by atoms with Crippen molar-refractivity contribution in [3.8, 4) is 5.75 Å². The molecule has 6 nitrogen and oxygen atoms in total. The molecule has 7 rings (SSSR count). The van der Waals surface area contributed by atoms with Gasteiger partial charge in [0, 0.05) is 5.41 Å². The number of imide groups is 1. The van der Waals surface area contributed by atoms with Gasteiger partial charge in [-0.1, -0.05) is 38.8 Å². The third kappa shape index (κ3) is 2.76. The van der Waals surface area contributed by atoms with Crippen LogP contribution in [0.3, 0.4) is 0 Å². The molecule has 8 atom stereocenters. The molecule has 3 saturated carbocycles. The van der Waals surface area contributed by atoms with Crippen LogP contribution in [0, 0.1) is 51.8 Å². The molecule has 0 unspecified atom stereocenters. The highest BCUT2D eigenvalue weighted by molar-refractivity contribution is 6.23. The van der Waals surface area contributed by atoms with Crippen molar-refractivity contribution in [2.75, 3.05) is 4.90 Å². The van der Waals surface area contributed by atoms with Gasteiger partial charge < -0.3 is 10.2 Å². The fourth-order valence-corrected chi connectivity index (χ4v) is 9.81. The number of nitrogens with zero attached hydrogens (tertiary/aromatic N) is 1. The molecule has 2 N–H and O–H groups in total. The summed E-state index contributed by atoms with van der Waals surface area (Å²) in [5, 5.41) is 20.0. The lowest BCUT2D eigenvalue weighted by molar-refractivity contribution is -0.194. The molecule has 6 heteroatoms. The molecule has 0 radical (unpaired) electrons. The van der Waals surface area contributed by atoms with Crippen LogP contribution in [-0.2, 0) is 14.4 Å². The van der Waals surface area contributed by atoms with Gasteiger partial charge in [0.25, 0.3) is 0 Å². The number of fused-ring (bicyclic) bond motifs is 1. The van der Waals surface area contributed by atoms with Crippen LogP contribution >= 0.6 is 0 Å². The van der Waals surface area contributed by atoms with Crippen LogP contribution in [0.1, 0.15) is 66.2 Å². The zero-order valence-corrected chi connectivity index (χ0v) is 21.7. The van der Waals surface area contributed by atoms with Crippen molar-refractivity contribution in [2.45, 2.75) is 66.2 Å². The van der Waals surface area contributed by atoms with Gasteiger partial charge in [0.2, 0.25) is 11.8 Å². The highest BCUT2D eigenvalue weighted by Gasteiger charge is 2.73. The summed E-state index contributed by atoms with van der Waals surface area (Å²) in [5.41, 5.74) is 0.482. The fourth-order valence-electron chi connectivity index (χ4n) is 9.81. The lowest BCUT2D eigenvalue weighted by atomic mass is 9.34. The average molecular weight is 492 g/mol. The van der Waals surface area contributed by atoms with Crippen LogP contribution in [0.25, 0.3) is 0 Å². The van der Waals surface area contributed by atoms with Gasteiger partial charge in [-0.15, -0.1) is 0 Å². The van der Waals surface area contributed by atoms with Crippen molar-refractivity contribution in [3.05, 3.63) is 35.9 Å². The number of carboxylic acid groups (broad SMARTS) is 1. The number of phenols is 1. The van der Waals surface area contributed by atoms with E-state index in [9.17, 15) is 24.6 Å². The third-order valence-corrected chi connectivity index (χ3v) is 11.3. The molecular formula is C30H37NO5. The molecule has 1 aromatic carbocycles. The normalized spacial score (nSPS) is 43.2. The molecule has 1 aliphatic heterocycles. The summed E-state index contributed by atoms with van der Waals surface area (Å²) < 4.78 is 0. The third-order valence-electron chi connectivity index (χ3n) is 11.3. The topological polar surface area (TPSA) is 94.9 Å². The summed E-state index contributed by atoms with van der Waals surface area (Å²) in [6.07, 6.45) is 7.35. The maximum Gasteiger partial charge on any atom is 0.309 e. The number of aliphatic carboxylic acids is 1. The second kappa shape index (κ2) is 7.45. The zero-order valence-electron chi connectivity index (χ0n) is 21.7. The van der Waals surface area contributed by atoms with Crippen LogP contribution in [-0.4, -0.2) is 28.0 Å². The monoisotopic (exact) mass is 491 g/mol. The van der Waals surface area contributed by atoms with Gasteiger partial charge in [0.05, 0.1) is 22.9 Å². The van der Waals surface area contributed by atoms with E-state index in [2.05, 4.69) is 26.8 Å². The molecule has 1 spiro atoms. The molecule has 2 amide bonds. The number of rotatable bonds is 3. The van der Waals surface area contributed by atoms with Crippen molar-refractivity contribution in [2.24, 2.45) is 51.8 Å². The first-order valence-corrected chi connectivity index (χ1v) is 13.6. The fraction of sp³-hybridized carbons (Fsp3) is 0.633. The van der Waals surface area contributed by atoms with Crippen LogP contribution in [0.5, 0.6) is 5.75 Å². The Bertz CT molecular complexity index is 1190. The Morgan fingerprint density at radius 2 is 1.72 bits per heavy atom. The van der Waals surface area contributed by atoms with E-state index in [0.717, 1.165) is 32.1 Å². The van der Waals surface area contributed by atoms with Gasteiger partial charge in [-0.3, -0.25) is 19.3 Å². The second-order valence-corrected chi connectivity index (χ2v) is 13.0. The SMILES string of the molecule is CC(C)C1=C[C@@]23CC[C@H]4[C@@](C)(CCC[C@]4(C)C(=O)O)[C@@H]2C[C@@H]1[C@@H]1C(=O)N(c2ccc(O)cc2)C(=O)[C@@H]13. The van der Waals surface area contributed by atoms with Crippen molar-refractivity contribution < 1.29 is 24.6 Å². The number of phenolic OH excluding ortho intramolecular Hbond substituents is 1. The first kappa shape index (κ1) is 23.7. The Labute approximate surface area is 212 Å². The molecule has 6 aliphatic rings. The van der Waals surface area contributed by atoms with E-state index >= 15 is 0 Å². The summed E-state index contributed by atoms with van der Waals surface area (Å²) >= 11 is 0. The van der Waals surface area contributed by atoms with Gasteiger partial charge in [-0.2, -0.15) is 0 Å². The smallest absolute Gasteiger partial charge is 0.309 e. The first-order chi connectivity index (χ1) is 17.0. The molecule has 1 aromatic rings. The van der Waals surface area contributed by atoms with Crippen LogP contribution in [0.15, 0.2) is 35.9 Å². The Morgan fingerprint density at radius 1 is 1.03 bits per heavy atom. The van der Waals surface area contributed by atoms with E-state index in [-0.39, 0.29) is 46.7 Å². The Morgan fingerprint density at radius 3 is 2.36 bits per heavy atom. The van der Waals surface area contributed by atoms with E-state index < -0.39 is 22.7 Å². The van der Waals surface area contributed by atoms with Crippen LogP contribution < -0.4 is 4.90 Å². The van der Waals surface area contributed by atoms with Crippen molar-refractivity contribution in [1.29, 1.82) is 0 Å². The maximum absolute atomic E-state index is 14.2. The molecular weight excluding hydrogens is 454 g/mol. The van der Waals surface area contributed by atoms with Crippen LogP contribution in [0.2, 0.25) is 0 Å². The Hall–Kier alpha value is -2.63. The lowest BCUT2D eigenvalue weighted by Gasteiger charge is -2.68. The number of anilines is 1. The van der Waals surface area contributed by atoms with Crippen molar-refractivity contribution >= 4 is 23.5 Å². The number of amides is 2. The van der Waals surface area contributed by atoms with Crippen molar-refractivity contribution in [3.63, 3.8) is 0 Å². The summed E-state index contributed by atoms with van der Waals surface area (Å²) in [6.45, 7) is 8.59. The largest absolute Gasteiger partial charge is 0.508 e. The van der Waals surface area contributed by atoms with E-state index in [1.165, 1.54) is 22.6 Å². The molecule has 36 heavy (non-hydrogen) atoms. The number of carbonyl (C=O) groups excluding carboxylic acids is 2. The molecule has 192 valence electrons. The molecule has 5 aliphatic carbocycles. The van der Waals surface area contributed by atoms with E-state index in [1.54, 1.807) is 12.1 Å². The molecule has 1 heterocycles. The highest BCUT2D eigenvalue weighted by atomic mass is 16.4. The predicted molar refractivity (Wildman–Crippen MR) is 135 cm³/mol. The average Bonchev–Trinajstić information content (AvgIpc) is 3.11. The lowest BCUT2D eigenvalue weighted by Crippen LogP contribution is -2.65. The predicted octanol–water partition coefficient (Wildman–Crippen LogP) is 5.41. The summed E-state index contributed by atoms with van der Waals surface area (Å²) in [4.78, 5) is 42.0. The highest BCUT2D eigenvalue weighted by Crippen LogP contribution is 2.74. The first-order valence-electron chi connectivity index (χ1n) is 13.6. The summed E-state index contributed by atoms with van der Waals surface area (Å²) in [5.74, 6) is -1.04. The van der Waals surface area contributed by atoms with E-state index in [4.69, 9.17) is 0 Å². The number of aromatic hydroxyl groups is 1. The number of carboxylic acids is 1. The quantitative estimate of drug-likeness (QED) is 0.436. The van der Waals surface area contributed by atoms with Gasteiger partial charge in [0.1, 0.15) is 5.75 Å². The zero-order chi connectivity index (χ0) is 25.8. The van der Waals surface area contributed by atoms with E-state index in [1.807, 2.05) is 6.92 Å². The molecule has 2 bridgehead atoms. The summed E-state index contributed by atoms with van der Waals surface area (Å²) in [7, 11) is 0. The number of hydrogen-bond acceptors (Lipinski definition) is 4. The Kier molecular flexibility index (Phi) is 4.92. The summed E-state index contributed by atoms with van der Waals surface area (Å²) in [6, 6.07) is 6.33. The molecule has 1 saturated heterocycles. The minimum atomic E-state index is -0.747. The minimum Gasteiger partial charge on any atom is -0.508 e. The number of allylic oxidation sites excluding steroid dienone is 2. The number of carbonyl (C=O) groups is 3. The number of benzene rings is 1. The van der Waals surface area contributed by atoms with Crippen molar-refractivity contribution in [1.82, 2.24) is 0 Å². The molecule has 0 aromatic heterocycles. The Balaban J connectivity index is 1.49. The van der Waals surface area contributed by atoms with Gasteiger partial charge in [0.15, 0.2) is 0 Å².